The van der Waals surface area contributed by atoms with Crippen LogP contribution < -0.4 is 16.0 Å². The molecule has 0 radical (unpaired) electrons. The zero-order valence-corrected chi connectivity index (χ0v) is 22.0. The molecule has 0 fully saturated rings. The van der Waals surface area contributed by atoms with Crippen molar-refractivity contribution in [3.63, 3.8) is 0 Å². The second-order valence-electron chi connectivity index (χ2n) is 11.5. The van der Waals surface area contributed by atoms with E-state index in [9.17, 15) is 39.6 Å². The number of Topliss-reactive ketones (excluding diaryl/α,β-unsaturated/α-hetero) is 2. The maximum absolute atomic E-state index is 13.9. The molecular weight excluding hydrogens is 494 g/mol. The lowest BCUT2D eigenvalue weighted by atomic mass is 9.60. The number of phenolic OH excluding ortho intramolecular Hbond substituents is 1. The van der Waals surface area contributed by atoms with Crippen molar-refractivity contribution >= 4 is 29.1 Å². The molecule has 7 N–H and O–H groups in total. The number of phenols is 1. The number of benzene rings is 1. The Labute approximate surface area is 219 Å². The lowest BCUT2D eigenvalue weighted by molar-refractivity contribution is -0.144. The Balaban J connectivity index is 1.85. The summed E-state index contributed by atoms with van der Waals surface area (Å²) in [5.41, 5.74) is 2.24. The summed E-state index contributed by atoms with van der Waals surface area (Å²) in [6.07, 6.45) is -0.0301. The molecule has 11 heteroatoms. The van der Waals surface area contributed by atoms with Crippen LogP contribution in [0.15, 0.2) is 28.7 Å². The summed E-state index contributed by atoms with van der Waals surface area (Å²) in [6, 6.07) is 1.69. The Bertz CT molecular complexity index is 1350. The molecule has 0 heterocycles. The zero-order valence-electron chi connectivity index (χ0n) is 22.0. The van der Waals surface area contributed by atoms with E-state index in [-0.39, 0.29) is 54.2 Å². The predicted molar refractivity (Wildman–Crippen MR) is 136 cm³/mol. The molecule has 38 heavy (non-hydrogen) atoms. The van der Waals surface area contributed by atoms with E-state index >= 15 is 0 Å². The van der Waals surface area contributed by atoms with E-state index in [1.165, 1.54) is 0 Å². The number of amides is 2. The van der Waals surface area contributed by atoms with E-state index in [0.717, 1.165) is 0 Å². The minimum atomic E-state index is -2.62. The number of anilines is 1. The predicted octanol–water partition coefficient (Wildman–Crippen LogP) is 1.31. The SMILES string of the molecule is CN(C)c1cc(CNC(=O)C(C)(C)C)c(O)c2c1C[C@H]1C[C@H]3CC(O)=C(C(N)=O)C(=O)[C@@]3(O)C(O)=C1C2=O. The quantitative estimate of drug-likeness (QED) is 0.313. The van der Waals surface area contributed by atoms with Gasteiger partial charge in [0.1, 0.15) is 22.8 Å². The number of ketones is 2. The first-order valence-electron chi connectivity index (χ1n) is 12.3. The Morgan fingerprint density at radius 2 is 1.79 bits per heavy atom. The Kier molecular flexibility index (Phi) is 6.34. The largest absolute Gasteiger partial charge is 0.511 e. The number of carbonyl (C=O) groups is 4. The lowest BCUT2D eigenvalue weighted by Gasteiger charge is -2.46. The standard InChI is InChI=1S/C27H33N3O8/c1-26(2,3)25(37)29-10-12-8-15(30(4)5)14-7-11-6-13-9-16(31)19(24(28)36)23(35)27(13,38)22(34)17(11)21(33)18(14)20(12)32/h8,11,13,31-32,34,38H,6-7,9-10H2,1-5H3,(H2,28,36)(H,29,37)/t11-,13+,27+/m1/s1. The zero-order chi connectivity index (χ0) is 28.5. The maximum atomic E-state index is 13.9. The highest BCUT2D eigenvalue weighted by atomic mass is 16.3. The second-order valence-corrected chi connectivity index (χ2v) is 11.5. The van der Waals surface area contributed by atoms with E-state index in [0.29, 0.717) is 11.3 Å². The molecule has 2 amide bonds. The molecule has 0 saturated heterocycles. The molecule has 3 aliphatic carbocycles. The van der Waals surface area contributed by atoms with Crippen LogP contribution in [-0.2, 0) is 27.3 Å². The number of primary amides is 1. The number of nitrogens with two attached hydrogens (primary N) is 1. The lowest BCUT2D eigenvalue weighted by Crippen LogP contribution is -2.57. The average Bonchev–Trinajstić information content (AvgIpc) is 2.79. The fraction of sp³-hybridized carbons (Fsp3) is 0.481. The Hall–Kier alpha value is -3.86. The molecule has 3 atom stereocenters. The minimum Gasteiger partial charge on any atom is -0.511 e. The highest BCUT2D eigenvalue weighted by Gasteiger charge is 2.59. The van der Waals surface area contributed by atoms with E-state index in [1.54, 1.807) is 45.8 Å². The van der Waals surface area contributed by atoms with Crippen LogP contribution in [0.5, 0.6) is 5.75 Å². The minimum absolute atomic E-state index is 0.0555. The molecule has 0 saturated carbocycles. The number of rotatable bonds is 4. The molecule has 11 nitrogen and oxygen atoms in total. The molecule has 4 rings (SSSR count). The number of hydrogen-bond acceptors (Lipinski definition) is 9. The summed E-state index contributed by atoms with van der Waals surface area (Å²) in [4.78, 5) is 52.9. The van der Waals surface area contributed by atoms with Crippen molar-refractivity contribution in [3.05, 3.63) is 45.4 Å². The molecule has 0 bridgehead atoms. The summed E-state index contributed by atoms with van der Waals surface area (Å²) in [5.74, 6) is -7.00. The fourth-order valence-corrected chi connectivity index (χ4v) is 5.70. The van der Waals surface area contributed by atoms with Gasteiger partial charge in [-0.25, -0.2) is 0 Å². The van der Waals surface area contributed by atoms with Crippen molar-refractivity contribution in [1.29, 1.82) is 0 Å². The number of aliphatic hydroxyl groups is 3. The molecule has 204 valence electrons. The van der Waals surface area contributed by atoms with Gasteiger partial charge in [-0.3, -0.25) is 19.2 Å². The third kappa shape index (κ3) is 3.92. The van der Waals surface area contributed by atoms with Gasteiger partial charge in [-0.05, 0) is 30.4 Å². The van der Waals surface area contributed by atoms with Gasteiger partial charge in [0.25, 0.3) is 5.91 Å². The van der Waals surface area contributed by atoms with Crippen molar-refractivity contribution in [3.8, 4) is 5.75 Å². The number of nitrogens with zero attached hydrogens (tertiary/aromatic N) is 1. The third-order valence-corrected chi connectivity index (χ3v) is 7.72. The number of aromatic hydroxyl groups is 1. The Morgan fingerprint density at radius 1 is 1.16 bits per heavy atom. The molecular formula is C27H33N3O8. The topological polar surface area (TPSA) is 190 Å². The van der Waals surface area contributed by atoms with Gasteiger partial charge >= 0.3 is 0 Å². The number of carbonyl (C=O) groups excluding carboxylic acids is 4. The number of aliphatic hydroxyl groups excluding tert-OH is 2. The smallest absolute Gasteiger partial charge is 0.255 e. The van der Waals surface area contributed by atoms with E-state index in [2.05, 4.69) is 5.32 Å². The molecule has 0 unspecified atom stereocenters. The summed E-state index contributed by atoms with van der Waals surface area (Å²) in [6.45, 7) is 5.16. The van der Waals surface area contributed by atoms with Gasteiger partial charge in [-0.15, -0.1) is 0 Å². The first-order chi connectivity index (χ1) is 17.5. The Morgan fingerprint density at radius 3 is 2.34 bits per heavy atom. The van der Waals surface area contributed by atoms with E-state index in [1.807, 2.05) is 0 Å². The molecule has 0 spiro atoms. The van der Waals surface area contributed by atoms with Crippen LogP contribution in [0.4, 0.5) is 5.69 Å². The van der Waals surface area contributed by atoms with Crippen LogP contribution in [0.1, 0.15) is 55.1 Å². The van der Waals surface area contributed by atoms with Gasteiger partial charge in [-0.2, -0.15) is 0 Å². The van der Waals surface area contributed by atoms with Gasteiger partial charge in [-0.1, -0.05) is 20.8 Å². The number of nitrogens with one attached hydrogen (secondary N) is 1. The molecule has 1 aromatic carbocycles. The first-order valence-corrected chi connectivity index (χ1v) is 12.3. The van der Waals surface area contributed by atoms with Crippen LogP contribution in [0.2, 0.25) is 0 Å². The average molecular weight is 528 g/mol. The fourth-order valence-electron chi connectivity index (χ4n) is 5.70. The molecule has 0 aliphatic heterocycles. The molecule has 1 aromatic rings. The third-order valence-electron chi connectivity index (χ3n) is 7.72. The first kappa shape index (κ1) is 27.2. The van der Waals surface area contributed by atoms with Crippen LogP contribution >= 0.6 is 0 Å². The van der Waals surface area contributed by atoms with Crippen molar-refractivity contribution in [2.45, 2.75) is 52.2 Å². The maximum Gasteiger partial charge on any atom is 0.255 e. The number of hydrogen-bond donors (Lipinski definition) is 6. The second kappa shape index (κ2) is 8.87. The summed E-state index contributed by atoms with van der Waals surface area (Å²) < 4.78 is 0. The summed E-state index contributed by atoms with van der Waals surface area (Å²) in [5, 5.41) is 46.8. The van der Waals surface area contributed by atoms with Crippen molar-refractivity contribution in [2.24, 2.45) is 23.0 Å². The van der Waals surface area contributed by atoms with E-state index in [4.69, 9.17) is 5.73 Å². The van der Waals surface area contributed by atoms with Crippen LogP contribution in [0, 0.1) is 17.3 Å². The van der Waals surface area contributed by atoms with Gasteiger partial charge in [0.05, 0.1) is 5.56 Å². The van der Waals surface area contributed by atoms with Gasteiger partial charge in [0.2, 0.25) is 11.7 Å². The van der Waals surface area contributed by atoms with Gasteiger partial charge in [0.15, 0.2) is 11.4 Å². The van der Waals surface area contributed by atoms with Crippen molar-refractivity contribution in [1.82, 2.24) is 5.32 Å². The van der Waals surface area contributed by atoms with Crippen molar-refractivity contribution < 1.29 is 39.6 Å². The number of fused-ring (bicyclic) bond motifs is 3. The normalized spacial score (nSPS) is 25.0. The highest BCUT2D eigenvalue weighted by molar-refractivity contribution is 6.24. The van der Waals surface area contributed by atoms with Gasteiger partial charge < -0.3 is 36.4 Å². The van der Waals surface area contributed by atoms with Crippen LogP contribution in [0.25, 0.3) is 0 Å². The van der Waals surface area contributed by atoms with Crippen LogP contribution in [0.3, 0.4) is 0 Å². The van der Waals surface area contributed by atoms with Gasteiger partial charge in [0, 0.05) is 55.2 Å². The van der Waals surface area contributed by atoms with Crippen molar-refractivity contribution in [2.75, 3.05) is 19.0 Å². The highest BCUT2D eigenvalue weighted by Crippen LogP contribution is 2.52. The van der Waals surface area contributed by atoms with Crippen LogP contribution in [-0.4, -0.2) is 63.5 Å². The molecule has 3 aliphatic rings. The molecule has 0 aromatic heterocycles. The number of allylic oxidation sites excluding steroid dienone is 2. The van der Waals surface area contributed by atoms with E-state index < -0.39 is 57.4 Å². The summed E-state index contributed by atoms with van der Waals surface area (Å²) in [7, 11) is 3.54. The monoisotopic (exact) mass is 527 g/mol. The summed E-state index contributed by atoms with van der Waals surface area (Å²) >= 11 is 0.